The van der Waals surface area contributed by atoms with E-state index in [4.69, 9.17) is 9.15 Å². The molecule has 2 heterocycles. The molecular formula is C24H24F2N2O3. The number of fused-ring (bicyclic) bond motifs is 1. The highest BCUT2D eigenvalue weighted by atomic mass is 19.1. The summed E-state index contributed by atoms with van der Waals surface area (Å²) in [6.45, 7) is 4.42. The molecule has 0 aliphatic carbocycles. The quantitative estimate of drug-likeness (QED) is 0.595. The van der Waals surface area contributed by atoms with Crippen molar-refractivity contribution in [3.63, 3.8) is 0 Å². The Morgan fingerprint density at radius 2 is 2.06 bits per heavy atom. The van der Waals surface area contributed by atoms with Crippen LogP contribution in [0.1, 0.15) is 35.5 Å². The van der Waals surface area contributed by atoms with Crippen LogP contribution in [0.3, 0.4) is 0 Å². The van der Waals surface area contributed by atoms with Gasteiger partial charge in [0, 0.05) is 17.8 Å². The van der Waals surface area contributed by atoms with Crippen molar-refractivity contribution < 1.29 is 22.7 Å². The average molecular weight is 426 g/mol. The van der Waals surface area contributed by atoms with E-state index >= 15 is 0 Å². The fourth-order valence-electron chi connectivity index (χ4n) is 3.84. The zero-order valence-electron chi connectivity index (χ0n) is 17.4. The summed E-state index contributed by atoms with van der Waals surface area (Å²) in [6, 6.07) is 12.9. The number of amides is 1. The van der Waals surface area contributed by atoms with E-state index in [-0.39, 0.29) is 18.3 Å². The summed E-state index contributed by atoms with van der Waals surface area (Å²) in [5, 5.41) is 2.84. The summed E-state index contributed by atoms with van der Waals surface area (Å²) < 4.78 is 37.7. The minimum atomic E-state index is -0.782. The number of anilines is 1. The van der Waals surface area contributed by atoms with Gasteiger partial charge in [-0.05, 0) is 50.1 Å². The molecule has 3 aromatic rings. The number of ether oxygens (including phenoxy) is 1. The predicted molar refractivity (Wildman–Crippen MR) is 113 cm³/mol. The van der Waals surface area contributed by atoms with E-state index < -0.39 is 17.7 Å². The fourth-order valence-corrected chi connectivity index (χ4v) is 3.84. The van der Waals surface area contributed by atoms with Gasteiger partial charge < -0.3 is 19.4 Å². The number of furan rings is 1. The Labute approximate surface area is 179 Å². The van der Waals surface area contributed by atoms with Crippen LogP contribution >= 0.6 is 0 Å². The molecule has 0 spiro atoms. The van der Waals surface area contributed by atoms with Crippen molar-refractivity contribution >= 4 is 11.6 Å². The van der Waals surface area contributed by atoms with Crippen LogP contribution in [0.5, 0.6) is 5.75 Å². The number of rotatable bonds is 7. The zero-order valence-corrected chi connectivity index (χ0v) is 17.4. The van der Waals surface area contributed by atoms with Gasteiger partial charge in [-0.25, -0.2) is 8.78 Å². The molecule has 1 aliphatic rings. The molecule has 31 heavy (non-hydrogen) atoms. The molecule has 0 saturated heterocycles. The van der Waals surface area contributed by atoms with Crippen molar-refractivity contribution in [1.29, 1.82) is 0 Å². The first kappa shape index (κ1) is 20.9. The normalized spacial score (nSPS) is 16.1. The second-order valence-electron chi connectivity index (χ2n) is 7.83. The number of hydrogen-bond acceptors (Lipinski definition) is 4. The van der Waals surface area contributed by atoms with Gasteiger partial charge in [-0.3, -0.25) is 4.79 Å². The van der Waals surface area contributed by atoms with Gasteiger partial charge in [0.25, 0.3) is 5.91 Å². The third-order valence-corrected chi connectivity index (χ3v) is 5.41. The number of carbonyl (C=O) groups is 1. The van der Waals surface area contributed by atoms with Gasteiger partial charge in [0.15, 0.2) is 11.6 Å². The second kappa shape index (κ2) is 8.79. The lowest BCUT2D eigenvalue weighted by molar-refractivity contribution is 0.0924. The standard InChI is InChI=1S/C24H24F2N2O3/c1-15(14-31-22-8-7-18(25)12-20(22)26)27-24(29)19-9-10-30-23(19)13-28-16(2)11-17-5-3-4-6-21(17)28/h3-10,12,15-16H,11,13-14H2,1-2H3,(H,27,29). The molecule has 2 unspecified atom stereocenters. The average Bonchev–Trinajstić information content (AvgIpc) is 3.32. The molecule has 1 aromatic heterocycles. The molecular weight excluding hydrogens is 402 g/mol. The fraction of sp³-hybridized carbons (Fsp3) is 0.292. The van der Waals surface area contributed by atoms with Crippen molar-refractivity contribution in [3.05, 3.63) is 83.3 Å². The van der Waals surface area contributed by atoms with E-state index in [0.717, 1.165) is 24.2 Å². The van der Waals surface area contributed by atoms with Crippen LogP contribution in [-0.2, 0) is 13.0 Å². The highest BCUT2D eigenvalue weighted by Crippen LogP contribution is 2.33. The topological polar surface area (TPSA) is 54.7 Å². The molecule has 1 N–H and O–H groups in total. The van der Waals surface area contributed by atoms with Crippen molar-refractivity contribution in [2.75, 3.05) is 11.5 Å². The number of nitrogens with zero attached hydrogens (tertiary/aromatic N) is 1. The van der Waals surface area contributed by atoms with Crippen molar-refractivity contribution in [2.45, 2.75) is 38.9 Å². The highest BCUT2D eigenvalue weighted by molar-refractivity contribution is 5.95. The zero-order chi connectivity index (χ0) is 22.0. The molecule has 0 bridgehead atoms. The summed E-state index contributed by atoms with van der Waals surface area (Å²) in [5.74, 6) is -1.23. The van der Waals surface area contributed by atoms with Crippen LogP contribution in [0.15, 0.2) is 59.2 Å². The molecule has 4 rings (SSSR count). The van der Waals surface area contributed by atoms with Crippen LogP contribution in [-0.4, -0.2) is 24.6 Å². The Kier molecular flexibility index (Phi) is 5.93. The Hall–Kier alpha value is -3.35. The van der Waals surface area contributed by atoms with E-state index in [1.807, 2.05) is 12.1 Å². The van der Waals surface area contributed by atoms with Gasteiger partial charge in [0.05, 0.1) is 24.4 Å². The Morgan fingerprint density at radius 1 is 1.26 bits per heavy atom. The minimum absolute atomic E-state index is 0.0397. The van der Waals surface area contributed by atoms with Gasteiger partial charge in [-0.15, -0.1) is 0 Å². The van der Waals surface area contributed by atoms with Crippen LogP contribution in [0.4, 0.5) is 14.5 Å². The smallest absolute Gasteiger partial charge is 0.255 e. The first-order valence-electron chi connectivity index (χ1n) is 10.2. The van der Waals surface area contributed by atoms with Crippen LogP contribution in [0, 0.1) is 11.6 Å². The molecule has 0 saturated carbocycles. The molecule has 2 aromatic carbocycles. The number of nitrogens with one attached hydrogen (secondary N) is 1. The largest absolute Gasteiger partial charge is 0.488 e. The second-order valence-corrected chi connectivity index (χ2v) is 7.83. The summed E-state index contributed by atoms with van der Waals surface area (Å²) in [5.41, 5.74) is 2.89. The molecule has 1 amide bonds. The van der Waals surface area contributed by atoms with Gasteiger partial charge in [0.1, 0.15) is 18.2 Å². The van der Waals surface area contributed by atoms with E-state index in [1.165, 1.54) is 17.9 Å². The number of para-hydroxylation sites is 1. The molecule has 162 valence electrons. The minimum Gasteiger partial charge on any atom is -0.488 e. The summed E-state index contributed by atoms with van der Waals surface area (Å²) in [4.78, 5) is 15.0. The van der Waals surface area contributed by atoms with E-state index in [0.29, 0.717) is 23.9 Å². The number of halogens is 2. The summed E-state index contributed by atoms with van der Waals surface area (Å²) in [7, 11) is 0. The monoisotopic (exact) mass is 426 g/mol. The molecule has 1 aliphatic heterocycles. The maximum absolute atomic E-state index is 13.7. The summed E-state index contributed by atoms with van der Waals surface area (Å²) >= 11 is 0. The van der Waals surface area contributed by atoms with Crippen LogP contribution in [0.25, 0.3) is 0 Å². The van der Waals surface area contributed by atoms with Crippen LogP contribution < -0.4 is 15.0 Å². The molecule has 0 radical (unpaired) electrons. The van der Waals surface area contributed by atoms with E-state index in [2.05, 4.69) is 29.3 Å². The lowest BCUT2D eigenvalue weighted by atomic mass is 10.1. The van der Waals surface area contributed by atoms with Gasteiger partial charge in [0.2, 0.25) is 0 Å². The third-order valence-electron chi connectivity index (χ3n) is 5.41. The maximum atomic E-state index is 13.7. The lowest BCUT2D eigenvalue weighted by Gasteiger charge is -2.24. The van der Waals surface area contributed by atoms with E-state index in [9.17, 15) is 13.6 Å². The van der Waals surface area contributed by atoms with Gasteiger partial charge in [-0.1, -0.05) is 18.2 Å². The van der Waals surface area contributed by atoms with Gasteiger partial charge in [-0.2, -0.15) is 0 Å². The third kappa shape index (κ3) is 4.55. The van der Waals surface area contributed by atoms with Crippen LogP contribution in [0.2, 0.25) is 0 Å². The predicted octanol–water partition coefficient (Wildman–Crippen LogP) is 4.71. The number of carbonyl (C=O) groups excluding carboxylic acids is 1. The number of benzene rings is 2. The maximum Gasteiger partial charge on any atom is 0.255 e. The first-order chi connectivity index (χ1) is 14.9. The van der Waals surface area contributed by atoms with Gasteiger partial charge >= 0.3 is 0 Å². The number of hydrogen-bond donors (Lipinski definition) is 1. The molecule has 7 heteroatoms. The Bertz CT molecular complexity index is 1080. The molecule has 0 fully saturated rings. The molecule has 5 nitrogen and oxygen atoms in total. The molecule has 2 atom stereocenters. The highest BCUT2D eigenvalue weighted by Gasteiger charge is 2.28. The van der Waals surface area contributed by atoms with Crippen molar-refractivity contribution in [3.8, 4) is 5.75 Å². The van der Waals surface area contributed by atoms with E-state index in [1.54, 1.807) is 13.0 Å². The first-order valence-corrected chi connectivity index (χ1v) is 10.2. The summed E-state index contributed by atoms with van der Waals surface area (Å²) in [6.07, 6.45) is 2.46. The van der Waals surface area contributed by atoms with Crippen molar-refractivity contribution in [2.24, 2.45) is 0 Å². The SMILES string of the molecule is CC(COc1ccc(F)cc1F)NC(=O)c1ccoc1CN1c2ccccc2CC1C. The Morgan fingerprint density at radius 3 is 2.87 bits per heavy atom. The Balaban J connectivity index is 1.38. The van der Waals surface area contributed by atoms with Crippen molar-refractivity contribution in [1.82, 2.24) is 5.32 Å². The lowest BCUT2D eigenvalue weighted by Crippen LogP contribution is -2.37.